The van der Waals surface area contributed by atoms with Gasteiger partial charge in [-0.15, -0.1) is 0 Å². The van der Waals surface area contributed by atoms with Crippen molar-refractivity contribution >= 4 is 21.8 Å². The van der Waals surface area contributed by atoms with E-state index in [1.165, 1.54) is 0 Å². The maximum absolute atomic E-state index is 12.1. The molecule has 0 bridgehead atoms. The van der Waals surface area contributed by atoms with Gasteiger partial charge in [-0.1, -0.05) is 22.9 Å². The highest BCUT2D eigenvalue weighted by Crippen LogP contribution is 2.24. The van der Waals surface area contributed by atoms with Gasteiger partial charge in [0.15, 0.2) is 0 Å². The molecule has 1 fully saturated rings. The van der Waals surface area contributed by atoms with Crippen LogP contribution < -0.4 is 0 Å². The number of amides is 1. The molecule has 5 heteroatoms. The van der Waals surface area contributed by atoms with Crippen LogP contribution in [0.3, 0.4) is 0 Å². The van der Waals surface area contributed by atoms with Gasteiger partial charge < -0.3 is 9.47 Å². The summed E-state index contributed by atoms with van der Waals surface area (Å²) in [6.45, 7) is 3.75. The molecule has 1 aliphatic heterocycles. The Balaban J connectivity index is 2.13. The van der Waals surface area contributed by atoms with Crippen LogP contribution in [-0.2, 0) is 7.05 Å². The standard InChI is InChI=1S/C10H14BrN3O/c1-7-4-14(5-8(7)11)10(15)9-3-12-6-13(9)2/h3,6-8H,4-5H2,1-2H3. The van der Waals surface area contributed by atoms with E-state index in [0.717, 1.165) is 13.1 Å². The van der Waals surface area contributed by atoms with Gasteiger partial charge in [0.25, 0.3) is 5.91 Å². The topological polar surface area (TPSA) is 38.1 Å². The number of hydrogen-bond donors (Lipinski definition) is 0. The molecule has 0 spiro atoms. The number of alkyl halides is 1. The Morgan fingerprint density at radius 3 is 2.80 bits per heavy atom. The molecule has 2 atom stereocenters. The van der Waals surface area contributed by atoms with E-state index in [0.29, 0.717) is 16.4 Å². The molecule has 1 saturated heterocycles. The molecule has 0 N–H and O–H groups in total. The Morgan fingerprint density at radius 1 is 1.60 bits per heavy atom. The zero-order valence-corrected chi connectivity index (χ0v) is 10.4. The average Bonchev–Trinajstić information content (AvgIpc) is 2.74. The fourth-order valence-corrected chi connectivity index (χ4v) is 2.33. The third kappa shape index (κ3) is 1.93. The predicted octanol–water partition coefficient (Wildman–Crippen LogP) is 1.28. The predicted molar refractivity (Wildman–Crippen MR) is 61.0 cm³/mol. The van der Waals surface area contributed by atoms with Crippen molar-refractivity contribution in [3.8, 4) is 0 Å². The van der Waals surface area contributed by atoms with Crippen molar-refractivity contribution < 1.29 is 4.79 Å². The van der Waals surface area contributed by atoms with E-state index in [1.54, 1.807) is 17.1 Å². The van der Waals surface area contributed by atoms with Crippen LogP contribution in [0.2, 0.25) is 0 Å². The highest BCUT2D eigenvalue weighted by atomic mass is 79.9. The minimum absolute atomic E-state index is 0.0730. The number of aromatic nitrogens is 2. The number of hydrogen-bond acceptors (Lipinski definition) is 2. The van der Waals surface area contributed by atoms with Crippen molar-refractivity contribution in [2.75, 3.05) is 13.1 Å². The van der Waals surface area contributed by atoms with E-state index in [9.17, 15) is 4.79 Å². The van der Waals surface area contributed by atoms with Gasteiger partial charge in [0.2, 0.25) is 0 Å². The number of nitrogens with zero attached hydrogens (tertiary/aromatic N) is 3. The van der Waals surface area contributed by atoms with Crippen LogP contribution in [0.4, 0.5) is 0 Å². The number of rotatable bonds is 1. The zero-order valence-electron chi connectivity index (χ0n) is 8.85. The van der Waals surface area contributed by atoms with Crippen molar-refractivity contribution in [1.82, 2.24) is 14.5 Å². The first-order chi connectivity index (χ1) is 7.09. The molecular formula is C10H14BrN3O. The summed E-state index contributed by atoms with van der Waals surface area (Å²) in [7, 11) is 1.84. The first-order valence-corrected chi connectivity index (χ1v) is 5.91. The van der Waals surface area contributed by atoms with Crippen LogP contribution in [0.1, 0.15) is 17.4 Å². The lowest BCUT2D eigenvalue weighted by Crippen LogP contribution is -2.30. The fourth-order valence-electron chi connectivity index (χ4n) is 1.82. The maximum Gasteiger partial charge on any atom is 0.272 e. The normalized spacial score (nSPS) is 25.9. The highest BCUT2D eigenvalue weighted by molar-refractivity contribution is 9.09. The van der Waals surface area contributed by atoms with Crippen molar-refractivity contribution in [2.24, 2.45) is 13.0 Å². The van der Waals surface area contributed by atoms with E-state index in [2.05, 4.69) is 27.8 Å². The van der Waals surface area contributed by atoms with Gasteiger partial charge in [-0.25, -0.2) is 4.98 Å². The second kappa shape index (κ2) is 3.96. The molecule has 0 aliphatic carbocycles. The minimum Gasteiger partial charge on any atom is -0.336 e. The van der Waals surface area contributed by atoms with Gasteiger partial charge in [0.05, 0.1) is 12.5 Å². The van der Waals surface area contributed by atoms with Crippen LogP contribution in [0.5, 0.6) is 0 Å². The van der Waals surface area contributed by atoms with Crippen molar-refractivity contribution in [1.29, 1.82) is 0 Å². The summed E-state index contributed by atoms with van der Waals surface area (Å²) in [5.41, 5.74) is 0.656. The summed E-state index contributed by atoms with van der Waals surface area (Å²) in [5.74, 6) is 0.589. The molecule has 82 valence electrons. The molecule has 1 aromatic heterocycles. The third-order valence-electron chi connectivity index (χ3n) is 2.84. The van der Waals surface area contributed by atoms with Crippen LogP contribution in [0, 0.1) is 5.92 Å². The monoisotopic (exact) mass is 271 g/mol. The molecule has 0 aromatic carbocycles. The molecule has 0 saturated carbocycles. The van der Waals surface area contributed by atoms with Gasteiger partial charge in [0, 0.05) is 25.0 Å². The Morgan fingerprint density at radius 2 is 2.33 bits per heavy atom. The van der Waals surface area contributed by atoms with Crippen LogP contribution in [-0.4, -0.2) is 38.3 Å². The lowest BCUT2D eigenvalue weighted by atomic mass is 10.2. The fraction of sp³-hybridized carbons (Fsp3) is 0.600. The zero-order chi connectivity index (χ0) is 11.0. The number of carbonyl (C=O) groups is 1. The van der Waals surface area contributed by atoms with E-state index < -0.39 is 0 Å². The van der Waals surface area contributed by atoms with Gasteiger partial charge in [0.1, 0.15) is 5.69 Å². The average molecular weight is 272 g/mol. The molecule has 2 heterocycles. The molecule has 15 heavy (non-hydrogen) atoms. The van der Waals surface area contributed by atoms with Gasteiger partial charge in [-0.2, -0.15) is 0 Å². The molecule has 2 unspecified atom stereocenters. The molecule has 1 amide bonds. The summed E-state index contributed by atoms with van der Waals surface area (Å²) in [6.07, 6.45) is 3.27. The number of imidazole rings is 1. The summed E-state index contributed by atoms with van der Waals surface area (Å²) >= 11 is 3.58. The van der Waals surface area contributed by atoms with Crippen molar-refractivity contribution in [3.63, 3.8) is 0 Å². The van der Waals surface area contributed by atoms with E-state index in [-0.39, 0.29) is 5.91 Å². The molecular weight excluding hydrogens is 258 g/mol. The van der Waals surface area contributed by atoms with Crippen molar-refractivity contribution in [3.05, 3.63) is 18.2 Å². The third-order valence-corrected chi connectivity index (χ3v) is 4.04. The van der Waals surface area contributed by atoms with Crippen LogP contribution >= 0.6 is 15.9 Å². The smallest absolute Gasteiger partial charge is 0.272 e. The number of likely N-dealkylation sites (tertiary alicyclic amines) is 1. The maximum atomic E-state index is 12.1. The lowest BCUT2D eigenvalue weighted by Gasteiger charge is -2.15. The largest absolute Gasteiger partial charge is 0.336 e. The molecule has 4 nitrogen and oxygen atoms in total. The SMILES string of the molecule is CC1CN(C(=O)c2cncn2C)CC1Br. The number of halogens is 1. The lowest BCUT2D eigenvalue weighted by molar-refractivity contribution is 0.0779. The van der Waals surface area contributed by atoms with E-state index in [4.69, 9.17) is 0 Å². The Hall–Kier alpha value is -0.840. The van der Waals surface area contributed by atoms with Gasteiger partial charge >= 0.3 is 0 Å². The van der Waals surface area contributed by atoms with Crippen molar-refractivity contribution in [2.45, 2.75) is 11.8 Å². The first-order valence-electron chi connectivity index (χ1n) is 4.99. The summed E-state index contributed by atoms with van der Waals surface area (Å²) in [4.78, 5) is 18.3. The minimum atomic E-state index is 0.0730. The molecule has 1 aromatic rings. The Kier molecular flexibility index (Phi) is 2.82. The van der Waals surface area contributed by atoms with Crippen LogP contribution in [0.15, 0.2) is 12.5 Å². The van der Waals surface area contributed by atoms with E-state index >= 15 is 0 Å². The second-order valence-electron chi connectivity index (χ2n) is 4.09. The van der Waals surface area contributed by atoms with E-state index in [1.807, 2.05) is 11.9 Å². The van der Waals surface area contributed by atoms with Gasteiger partial charge in [-0.3, -0.25) is 4.79 Å². The summed E-state index contributed by atoms with van der Waals surface area (Å²) < 4.78 is 1.76. The summed E-state index contributed by atoms with van der Waals surface area (Å²) in [5, 5.41) is 0. The highest BCUT2D eigenvalue weighted by Gasteiger charge is 2.31. The number of carbonyl (C=O) groups excluding carboxylic acids is 1. The number of aryl methyl sites for hydroxylation is 1. The molecule has 0 radical (unpaired) electrons. The van der Waals surface area contributed by atoms with Crippen LogP contribution in [0.25, 0.3) is 0 Å². The molecule has 2 rings (SSSR count). The summed E-state index contributed by atoms with van der Waals surface area (Å²) in [6, 6.07) is 0. The first kappa shape index (κ1) is 10.7. The second-order valence-corrected chi connectivity index (χ2v) is 5.27. The Bertz CT molecular complexity index is 366. The Labute approximate surface area is 97.4 Å². The van der Waals surface area contributed by atoms with Gasteiger partial charge in [-0.05, 0) is 5.92 Å². The molecule has 1 aliphatic rings. The quantitative estimate of drug-likeness (QED) is 0.722.